The number of rotatable bonds is 5. The molecule has 0 heterocycles. The first-order valence-corrected chi connectivity index (χ1v) is 6.19. The van der Waals surface area contributed by atoms with Crippen molar-refractivity contribution in [1.82, 2.24) is 0 Å². The van der Waals surface area contributed by atoms with Crippen LogP contribution in [0, 0.1) is 11.7 Å². The summed E-state index contributed by atoms with van der Waals surface area (Å²) in [4.78, 5) is 11.9. The minimum atomic E-state index is -4.57. The van der Waals surface area contributed by atoms with Gasteiger partial charge in [-0.2, -0.15) is 13.2 Å². The third kappa shape index (κ3) is 4.04. The molecule has 19 heavy (non-hydrogen) atoms. The number of ketones is 1. The van der Waals surface area contributed by atoms with Crippen LogP contribution in [0.15, 0.2) is 18.2 Å². The van der Waals surface area contributed by atoms with Crippen LogP contribution in [0.25, 0.3) is 0 Å². The number of carbonyl (C=O) groups excluding carboxylic acids is 1. The van der Waals surface area contributed by atoms with E-state index < -0.39 is 28.9 Å². The molecule has 0 saturated carbocycles. The molecule has 0 unspecified atom stereocenters. The molecule has 0 aliphatic heterocycles. The van der Waals surface area contributed by atoms with E-state index in [1.807, 2.05) is 13.8 Å². The molecule has 0 fully saturated rings. The first kappa shape index (κ1) is 15.7. The highest BCUT2D eigenvalue weighted by molar-refractivity contribution is 5.96. The van der Waals surface area contributed by atoms with Gasteiger partial charge in [0.25, 0.3) is 0 Å². The Morgan fingerprint density at radius 1 is 1.21 bits per heavy atom. The second kappa shape index (κ2) is 6.17. The summed E-state index contributed by atoms with van der Waals surface area (Å²) in [5, 5.41) is 0. The van der Waals surface area contributed by atoms with Crippen LogP contribution >= 0.6 is 0 Å². The smallest absolute Gasteiger partial charge is 0.294 e. The molecule has 1 aromatic carbocycles. The van der Waals surface area contributed by atoms with E-state index in [9.17, 15) is 22.4 Å². The number of benzene rings is 1. The fourth-order valence-corrected chi connectivity index (χ4v) is 1.86. The molecule has 0 amide bonds. The van der Waals surface area contributed by atoms with Crippen LogP contribution in [0.2, 0.25) is 0 Å². The van der Waals surface area contributed by atoms with E-state index in [0.29, 0.717) is 18.2 Å². The van der Waals surface area contributed by atoms with Crippen LogP contribution < -0.4 is 0 Å². The minimum absolute atomic E-state index is 0.0708. The molecule has 0 saturated heterocycles. The number of hydrogen-bond acceptors (Lipinski definition) is 1. The van der Waals surface area contributed by atoms with Gasteiger partial charge < -0.3 is 0 Å². The van der Waals surface area contributed by atoms with Gasteiger partial charge in [0.1, 0.15) is 5.82 Å². The summed E-state index contributed by atoms with van der Waals surface area (Å²) in [5.41, 5.74) is -1.47. The van der Waals surface area contributed by atoms with Gasteiger partial charge in [0.15, 0.2) is 5.78 Å². The summed E-state index contributed by atoms with van der Waals surface area (Å²) < 4.78 is 51.1. The number of hydrogen-bond donors (Lipinski definition) is 0. The Bertz CT molecular complexity index is 447. The van der Waals surface area contributed by atoms with Crippen molar-refractivity contribution < 1.29 is 22.4 Å². The molecule has 106 valence electrons. The van der Waals surface area contributed by atoms with Crippen LogP contribution in [0.1, 0.15) is 49.0 Å². The molecule has 0 aliphatic rings. The fourth-order valence-electron chi connectivity index (χ4n) is 1.86. The zero-order valence-electron chi connectivity index (χ0n) is 10.9. The van der Waals surface area contributed by atoms with Crippen molar-refractivity contribution in [2.45, 2.75) is 39.3 Å². The maximum Gasteiger partial charge on any atom is 0.416 e. The van der Waals surface area contributed by atoms with Crippen molar-refractivity contribution >= 4 is 5.78 Å². The van der Waals surface area contributed by atoms with Crippen molar-refractivity contribution in [3.8, 4) is 0 Å². The van der Waals surface area contributed by atoms with E-state index in [-0.39, 0.29) is 12.3 Å². The van der Waals surface area contributed by atoms with E-state index in [4.69, 9.17) is 0 Å². The predicted molar refractivity (Wildman–Crippen MR) is 64.4 cm³/mol. The molecule has 0 bridgehead atoms. The molecule has 0 spiro atoms. The van der Waals surface area contributed by atoms with Gasteiger partial charge in [-0.1, -0.05) is 26.7 Å². The van der Waals surface area contributed by atoms with Crippen LogP contribution in [-0.2, 0) is 6.18 Å². The van der Waals surface area contributed by atoms with Gasteiger partial charge in [-0.3, -0.25) is 4.79 Å². The highest BCUT2D eigenvalue weighted by atomic mass is 19.4. The Kier molecular flexibility index (Phi) is 5.09. The van der Waals surface area contributed by atoms with Gasteiger partial charge >= 0.3 is 6.18 Å². The van der Waals surface area contributed by atoms with Crippen LogP contribution in [-0.4, -0.2) is 5.78 Å². The van der Waals surface area contributed by atoms with Gasteiger partial charge in [0, 0.05) is 6.42 Å². The summed E-state index contributed by atoms with van der Waals surface area (Å²) in [5.74, 6) is -1.40. The van der Waals surface area contributed by atoms with Gasteiger partial charge in [-0.25, -0.2) is 4.39 Å². The Balaban J connectivity index is 3.02. The van der Waals surface area contributed by atoms with Crippen LogP contribution in [0.5, 0.6) is 0 Å². The number of Topliss-reactive ketones (excluding diaryl/α,β-unsaturated/α-hetero) is 1. The quantitative estimate of drug-likeness (QED) is 0.554. The Morgan fingerprint density at radius 3 is 2.26 bits per heavy atom. The first-order chi connectivity index (χ1) is 8.79. The maximum atomic E-state index is 13.5. The van der Waals surface area contributed by atoms with Gasteiger partial charge in [-0.15, -0.1) is 0 Å². The molecule has 0 radical (unpaired) electrons. The Hall–Kier alpha value is -1.39. The molecule has 0 N–H and O–H groups in total. The van der Waals surface area contributed by atoms with E-state index >= 15 is 0 Å². The van der Waals surface area contributed by atoms with Gasteiger partial charge in [-0.05, 0) is 24.1 Å². The summed E-state index contributed by atoms with van der Waals surface area (Å²) >= 11 is 0. The lowest BCUT2D eigenvalue weighted by molar-refractivity contribution is -0.137. The lowest BCUT2D eigenvalue weighted by Gasteiger charge is -2.13. The van der Waals surface area contributed by atoms with Crippen LogP contribution in [0.3, 0.4) is 0 Å². The van der Waals surface area contributed by atoms with E-state index in [2.05, 4.69) is 0 Å². The molecule has 0 atom stereocenters. The zero-order chi connectivity index (χ0) is 14.6. The van der Waals surface area contributed by atoms with Crippen molar-refractivity contribution in [3.05, 3.63) is 35.1 Å². The third-order valence-corrected chi connectivity index (χ3v) is 3.22. The van der Waals surface area contributed by atoms with E-state index in [0.717, 1.165) is 12.8 Å². The van der Waals surface area contributed by atoms with Gasteiger partial charge in [0.05, 0.1) is 11.1 Å². The molecular weight excluding hydrogens is 260 g/mol. The second-order valence-corrected chi connectivity index (χ2v) is 4.50. The standard InChI is InChI=1S/C14H16F4O/c1-3-9(4-2)7-13(19)11-8-10(14(16,17)18)5-6-12(11)15/h5-6,8-9H,3-4,7H2,1-2H3. The summed E-state index contributed by atoms with van der Waals surface area (Å²) in [6, 6.07) is 1.94. The molecule has 0 aromatic heterocycles. The highest BCUT2D eigenvalue weighted by Gasteiger charge is 2.32. The molecular formula is C14H16F4O. The minimum Gasteiger partial charge on any atom is -0.294 e. The largest absolute Gasteiger partial charge is 0.416 e. The SMILES string of the molecule is CCC(CC)CC(=O)c1cc(C(F)(F)F)ccc1F. The Labute approximate surface area is 109 Å². The van der Waals surface area contributed by atoms with E-state index in [1.54, 1.807) is 0 Å². The maximum absolute atomic E-state index is 13.5. The number of halogens is 4. The lowest BCUT2D eigenvalue weighted by atomic mass is 9.93. The Morgan fingerprint density at radius 2 is 1.79 bits per heavy atom. The average molecular weight is 276 g/mol. The molecule has 0 aliphatic carbocycles. The van der Waals surface area contributed by atoms with Crippen molar-refractivity contribution in [2.75, 3.05) is 0 Å². The number of carbonyl (C=O) groups is 1. The van der Waals surface area contributed by atoms with Crippen molar-refractivity contribution in [2.24, 2.45) is 5.92 Å². The highest BCUT2D eigenvalue weighted by Crippen LogP contribution is 2.31. The topological polar surface area (TPSA) is 17.1 Å². The average Bonchev–Trinajstić information content (AvgIpc) is 2.34. The van der Waals surface area contributed by atoms with E-state index in [1.165, 1.54) is 0 Å². The van der Waals surface area contributed by atoms with Crippen molar-refractivity contribution in [1.29, 1.82) is 0 Å². The zero-order valence-corrected chi connectivity index (χ0v) is 10.9. The van der Waals surface area contributed by atoms with Crippen molar-refractivity contribution in [3.63, 3.8) is 0 Å². The fraction of sp³-hybridized carbons (Fsp3) is 0.500. The molecule has 1 aromatic rings. The normalized spacial score (nSPS) is 11.9. The van der Waals surface area contributed by atoms with Crippen LogP contribution in [0.4, 0.5) is 17.6 Å². The summed E-state index contributed by atoms with van der Waals surface area (Å²) in [7, 11) is 0. The first-order valence-electron chi connectivity index (χ1n) is 6.19. The molecule has 1 rings (SSSR count). The second-order valence-electron chi connectivity index (χ2n) is 4.50. The lowest BCUT2D eigenvalue weighted by Crippen LogP contribution is -2.12. The predicted octanol–water partition coefficient (Wildman–Crippen LogP) is 4.85. The molecule has 1 nitrogen and oxygen atoms in total. The molecule has 5 heteroatoms. The van der Waals surface area contributed by atoms with Gasteiger partial charge in [0.2, 0.25) is 0 Å². The summed E-state index contributed by atoms with van der Waals surface area (Å²) in [6.45, 7) is 3.79. The monoisotopic (exact) mass is 276 g/mol. The summed E-state index contributed by atoms with van der Waals surface area (Å²) in [6.07, 6.45) is -3.02. The third-order valence-electron chi connectivity index (χ3n) is 3.22. The number of alkyl halides is 3.